The molecule has 3 rings (SSSR count). The first-order valence-corrected chi connectivity index (χ1v) is 10.8. The van der Waals surface area contributed by atoms with Crippen molar-refractivity contribution in [2.24, 2.45) is 12.2 Å². The second-order valence-corrected chi connectivity index (χ2v) is 8.10. The number of nitrogens with zero attached hydrogens (tertiary/aromatic N) is 6. The number of amides is 1. The number of carbonyl (C=O) groups is 1. The van der Waals surface area contributed by atoms with Crippen LogP contribution in [-0.4, -0.2) is 63.1 Å². The van der Waals surface area contributed by atoms with E-state index in [1.54, 1.807) is 39.1 Å². The average Bonchev–Trinajstić information content (AvgIpc) is 3.26. The number of methoxy groups -OCH3 is 2. The van der Waals surface area contributed by atoms with Crippen LogP contribution < -0.4 is 5.32 Å². The summed E-state index contributed by atoms with van der Waals surface area (Å²) in [6.45, 7) is 3.59. The minimum Gasteiger partial charge on any atom is -0.443 e. The third kappa shape index (κ3) is 7.55. The van der Waals surface area contributed by atoms with E-state index in [0.717, 1.165) is 5.56 Å². The Bertz CT molecular complexity index is 1130. The van der Waals surface area contributed by atoms with Gasteiger partial charge in [0.05, 0.1) is 5.69 Å². The van der Waals surface area contributed by atoms with Crippen LogP contribution in [0.25, 0.3) is 0 Å². The van der Waals surface area contributed by atoms with E-state index < -0.39 is 18.0 Å². The zero-order valence-corrected chi connectivity index (χ0v) is 20.3. The van der Waals surface area contributed by atoms with Gasteiger partial charge in [0.2, 0.25) is 5.82 Å². The number of tetrazole rings is 1. The number of ether oxygens (including phenoxy) is 3. The molecular formula is C23H29N7O5. The van der Waals surface area contributed by atoms with Crippen molar-refractivity contribution in [1.82, 2.24) is 25.2 Å². The van der Waals surface area contributed by atoms with E-state index in [2.05, 4.69) is 31.0 Å². The summed E-state index contributed by atoms with van der Waals surface area (Å²) in [6, 6.07) is 14.6. The van der Waals surface area contributed by atoms with Gasteiger partial charge in [-0.1, -0.05) is 41.6 Å². The number of pyridine rings is 1. The van der Waals surface area contributed by atoms with Gasteiger partial charge in [-0.15, -0.1) is 5.10 Å². The number of hydrogen-bond donors (Lipinski definition) is 1. The quantitative estimate of drug-likeness (QED) is 0.248. The molecule has 0 aliphatic rings. The molecule has 186 valence electrons. The van der Waals surface area contributed by atoms with Crippen LogP contribution in [0.4, 0.5) is 10.6 Å². The highest BCUT2D eigenvalue weighted by Crippen LogP contribution is 2.20. The molecule has 0 saturated carbocycles. The predicted octanol–water partition coefficient (Wildman–Crippen LogP) is 2.91. The number of nitrogens with one attached hydrogen (secondary N) is 1. The first kappa shape index (κ1) is 25.7. The summed E-state index contributed by atoms with van der Waals surface area (Å²) in [5, 5.41) is 18.4. The number of carbonyl (C=O) groups excluding carboxylic acids is 1. The van der Waals surface area contributed by atoms with Crippen molar-refractivity contribution >= 4 is 17.6 Å². The highest BCUT2D eigenvalue weighted by molar-refractivity contribution is 6.10. The summed E-state index contributed by atoms with van der Waals surface area (Å²) in [4.78, 5) is 22.3. The van der Waals surface area contributed by atoms with Gasteiger partial charge in [0.1, 0.15) is 11.4 Å². The van der Waals surface area contributed by atoms with E-state index in [9.17, 15) is 4.79 Å². The Balaban J connectivity index is 1.64. The molecule has 1 N–H and O–H groups in total. The maximum absolute atomic E-state index is 12.4. The zero-order valence-electron chi connectivity index (χ0n) is 20.3. The minimum atomic E-state index is -0.821. The van der Waals surface area contributed by atoms with Crippen molar-refractivity contribution in [3.8, 4) is 0 Å². The van der Waals surface area contributed by atoms with Crippen molar-refractivity contribution in [2.75, 3.05) is 19.5 Å². The maximum Gasteiger partial charge on any atom is 0.413 e. The van der Waals surface area contributed by atoms with Crippen LogP contribution in [0.1, 0.15) is 37.4 Å². The fraction of sp³-hybridized carbons (Fsp3) is 0.391. The van der Waals surface area contributed by atoms with E-state index in [1.165, 1.54) is 18.9 Å². The third-order valence-corrected chi connectivity index (χ3v) is 4.84. The van der Waals surface area contributed by atoms with Gasteiger partial charge in [-0.2, -0.15) is 0 Å². The van der Waals surface area contributed by atoms with Crippen LogP contribution in [0, 0.1) is 0 Å². The molecule has 12 heteroatoms. The van der Waals surface area contributed by atoms with E-state index in [0.29, 0.717) is 29.5 Å². The summed E-state index contributed by atoms with van der Waals surface area (Å²) in [6.07, 6.45) is -0.780. The molecule has 0 aliphatic carbocycles. The smallest absolute Gasteiger partial charge is 0.413 e. The lowest BCUT2D eigenvalue weighted by atomic mass is 10.1. The molecule has 0 atom stereocenters. The number of aromatic nitrogens is 5. The third-order valence-electron chi connectivity index (χ3n) is 4.84. The highest BCUT2D eigenvalue weighted by atomic mass is 16.7. The normalized spacial score (nSPS) is 12.0. The van der Waals surface area contributed by atoms with Gasteiger partial charge >= 0.3 is 6.09 Å². The molecule has 0 radical (unpaired) electrons. The van der Waals surface area contributed by atoms with Gasteiger partial charge in [0.15, 0.2) is 18.6 Å². The van der Waals surface area contributed by atoms with Gasteiger partial charge in [-0.3, -0.25) is 5.32 Å². The topological polar surface area (TPSA) is 135 Å². The summed E-state index contributed by atoms with van der Waals surface area (Å²) in [7, 11) is 4.77. The SMILES string of the molecule is COC(CC(C)(C)OC(=O)Nc1cccc(CON=C(c2ccccc2)c2nnnn2C)n1)OC. The largest absolute Gasteiger partial charge is 0.443 e. The van der Waals surface area contributed by atoms with Crippen molar-refractivity contribution < 1.29 is 23.8 Å². The number of aryl methyl sites for hydroxylation is 1. The molecule has 0 aliphatic heterocycles. The Morgan fingerprint density at radius 3 is 2.51 bits per heavy atom. The molecule has 12 nitrogen and oxygen atoms in total. The van der Waals surface area contributed by atoms with E-state index in [1.807, 2.05) is 30.3 Å². The monoisotopic (exact) mass is 483 g/mol. The van der Waals surface area contributed by atoms with Crippen molar-refractivity contribution in [1.29, 1.82) is 0 Å². The fourth-order valence-electron chi connectivity index (χ4n) is 3.13. The van der Waals surface area contributed by atoms with Crippen LogP contribution in [0.15, 0.2) is 53.7 Å². The molecule has 2 heterocycles. The van der Waals surface area contributed by atoms with Crippen LogP contribution in [0.5, 0.6) is 0 Å². The standard InChI is InChI=1S/C23H29N7O5/c1-23(2,14-19(32-4)33-5)35-22(31)25-18-13-9-12-17(24-18)15-34-27-20(16-10-7-6-8-11-16)21-26-28-29-30(21)3/h6-13,19H,14-15H2,1-5H3,(H,24,25,31). The molecule has 2 aromatic heterocycles. The number of anilines is 1. The Kier molecular flexibility index (Phi) is 8.81. The van der Waals surface area contributed by atoms with Gasteiger partial charge in [-0.25, -0.2) is 14.5 Å². The summed E-state index contributed by atoms with van der Waals surface area (Å²) >= 11 is 0. The van der Waals surface area contributed by atoms with E-state index in [4.69, 9.17) is 19.0 Å². The lowest BCUT2D eigenvalue weighted by molar-refractivity contribution is -0.136. The lowest BCUT2D eigenvalue weighted by Gasteiger charge is -2.28. The first-order valence-electron chi connectivity index (χ1n) is 10.8. The van der Waals surface area contributed by atoms with Gasteiger partial charge in [0, 0.05) is 33.3 Å². The second kappa shape index (κ2) is 12.0. The van der Waals surface area contributed by atoms with Crippen molar-refractivity contribution in [3.63, 3.8) is 0 Å². The number of rotatable bonds is 11. The molecule has 0 unspecified atom stereocenters. The van der Waals surface area contributed by atoms with Gasteiger partial charge < -0.3 is 19.0 Å². The number of hydrogen-bond acceptors (Lipinski definition) is 10. The number of benzene rings is 1. The van der Waals surface area contributed by atoms with Crippen LogP contribution >= 0.6 is 0 Å². The van der Waals surface area contributed by atoms with Crippen LogP contribution in [0.3, 0.4) is 0 Å². The Morgan fingerprint density at radius 1 is 1.11 bits per heavy atom. The van der Waals surface area contributed by atoms with Crippen LogP contribution in [-0.2, 0) is 32.7 Å². The number of oxime groups is 1. The molecule has 35 heavy (non-hydrogen) atoms. The van der Waals surface area contributed by atoms with Crippen LogP contribution in [0.2, 0.25) is 0 Å². The zero-order chi connectivity index (χ0) is 25.3. The average molecular weight is 484 g/mol. The summed E-state index contributed by atoms with van der Waals surface area (Å²) < 4.78 is 17.4. The lowest BCUT2D eigenvalue weighted by Crippen LogP contribution is -2.35. The van der Waals surface area contributed by atoms with Crippen molar-refractivity contribution in [2.45, 2.75) is 38.8 Å². The molecule has 0 saturated heterocycles. The van der Waals surface area contributed by atoms with Crippen molar-refractivity contribution in [3.05, 3.63) is 65.6 Å². The highest BCUT2D eigenvalue weighted by Gasteiger charge is 2.27. The minimum absolute atomic E-state index is 0.0566. The molecular weight excluding hydrogens is 454 g/mol. The molecule has 1 amide bonds. The van der Waals surface area contributed by atoms with E-state index >= 15 is 0 Å². The predicted molar refractivity (Wildman–Crippen MR) is 127 cm³/mol. The second-order valence-electron chi connectivity index (χ2n) is 8.10. The fourth-order valence-corrected chi connectivity index (χ4v) is 3.13. The summed E-state index contributed by atoms with van der Waals surface area (Å²) in [5.41, 5.74) is 0.999. The Morgan fingerprint density at radius 2 is 1.86 bits per heavy atom. The Hall–Kier alpha value is -3.90. The van der Waals surface area contributed by atoms with E-state index in [-0.39, 0.29) is 6.61 Å². The Labute approximate surface area is 203 Å². The first-order chi connectivity index (χ1) is 16.8. The molecule has 0 bridgehead atoms. The molecule has 0 fully saturated rings. The van der Waals surface area contributed by atoms with Gasteiger partial charge in [0.25, 0.3) is 0 Å². The van der Waals surface area contributed by atoms with Gasteiger partial charge in [-0.05, 0) is 36.4 Å². The molecule has 1 aromatic carbocycles. The summed E-state index contributed by atoms with van der Waals surface area (Å²) in [5.74, 6) is 0.765. The molecule has 3 aromatic rings. The molecule has 0 spiro atoms. The maximum atomic E-state index is 12.4.